The average molecular weight is 327 g/mol. The lowest BCUT2D eigenvalue weighted by atomic mass is 10.1. The summed E-state index contributed by atoms with van der Waals surface area (Å²) >= 11 is 0. The number of hydrogen-bond donors (Lipinski definition) is 2. The van der Waals surface area contributed by atoms with Gasteiger partial charge in [0.25, 0.3) is 5.91 Å². The van der Waals surface area contributed by atoms with E-state index in [4.69, 9.17) is 5.26 Å². The predicted molar refractivity (Wildman–Crippen MR) is 85.3 cm³/mol. The summed E-state index contributed by atoms with van der Waals surface area (Å²) in [7, 11) is 0. The van der Waals surface area contributed by atoms with Crippen LogP contribution in [0.15, 0.2) is 36.4 Å². The van der Waals surface area contributed by atoms with Crippen LogP contribution in [0.25, 0.3) is 0 Å². The van der Waals surface area contributed by atoms with E-state index in [9.17, 15) is 13.6 Å². The van der Waals surface area contributed by atoms with E-state index in [1.54, 1.807) is 30.3 Å². The van der Waals surface area contributed by atoms with Gasteiger partial charge in [-0.05, 0) is 42.7 Å². The molecule has 0 atom stereocenters. The number of nitrogens with zero attached hydrogens (tertiary/aromatic N) is 1. The number of nitrogens with one attached hydrogen (secondary N) is 2. The van der Waals surface area contributed by atoms with Crippen LogP contribution >= 0.6 is 0 Å². The van der Waals surface area contributed by atoms with Crippen molar-refractivity contribution in [3.8, 4) is 6.07 Å². The van der Waals surface area contributed by atoms with E-state index < -0.39 is 11.6 Å². The standard InChI is InChI=1S/C18H15F2N3O/c19-15-7-12(9-21)8-16(20)17(15)22-10-11-1-3-13(4-2-11)18(24)23-14-5-6-14/h1-4,7-8,14,22H,5-6,10H2,(H,23,24). The van der Waals surface area contributed by atoms with E-state index in [2.05, 4.69) is 10.6 Å². The highest BCUT2D eigenvalue weighted by Crippen LogP contribution is 2.22. The second kappa shape index (κ2) is 6.67. The Kier molecular flexibility index (Phi) is 4.43. The molecule has 2 aromatic carbocycles. The molecule has 0 aromatic heterocycles. The highest BCUT2D eigenvalue weighted by Gasteiger charge is 2.23. The average Bonchev–Trinajstić information content (AvgIpc) is 3.38. The fourth-order valence-corrected chi connectivity index (χ4v) is 2.27. The maximum absolute atomic E-state index is 13.8. The SMILES string of the molecule is N#Cc1cc(F)c(NCc2ccc(C(=O)NC3CC3)cc2)c(F)c1. The molecule has 24 heavy (non-hydrogen) atoms. The van der Waals surface area contributed by atoms with Crippen molar-refractivity contribution in [1.29, 1.82) is 5.26 Å². The van der Waals surface area contributed by atoms with Crippen LogP contribution in [0.3, 0.4) is 0 Å². The van der Waals surface area contributed by atoms with Crippen molar-refractivity contribution in [2.45, 2.75) is 25.4 Å². The van der Waals surface area contributed by atoms with Crippen LogP contribution in [0.5, 0.6) is 0 Å². The largest absolute Gasteiger partial charge is 0.376 e. The third kappa shape index (κ3) is 3.69. The zero-order valence-electron chi connectivity index (χ0n) is 12.8. The second-order valence-electron chi connectivity index (χ2n) is 5.72. The number of nitriles is 1. The van der Waals surface area contributed by atoms with Crippen molar-refractivity contribution >= 4 is 11.6 Å². The van der Waals surface area contributed by atoms with Crippen molar-refractivity contribution in [3.63, 3.8) is 0 Å². The smallest absolute Gasteiger partial charge is 0.251 e. The van der Waals surface area contributed by atoms with Gasteiger partial charge in [-0.15, -0.1) is 0 Å². The molecule has 2 N–H and O–H groups in total. The summed E-state index contributed by atoms with van der Waals surface area (Å²) in [5.74, 6) is -1.74. The van der Waals surface area contributed by atoms with Crippen LogP contribution in [0.4, 0.5) is 14.5 Å². The van der Waals surface area contributed by atoms with Crippen LogP contribution in [-0.2, 0) is 6.54 Å². The first-order valence-electron chi connectivity index (χ1n) is 7.59. The highest BCUT2D eigenvalue weighted by molar-refractivity contribution is 5.94. The molecule has 1 fully saturated rings. The molecule has 1 aliphatic rings. The minimum Gasteiger partial charge on any atom is -0.376 e. The quantitative estimate of drug-likeness (QED) is 0.885. The van der Waals surface area contributed by atoms with Crippen LogP contribution in [0.2, 0.25) is 0 Å². The number of halogens is 2. The summed E-state index contributed by atoms with van der Waals surface area (Å²) in [5, 5.41) is 14.3. The molecule has 0 aliphatic heterocycles. The molecule has 1 aliphatic carbocycles. The van der Waals surface area contributed by atoms with Gasteiger partial charge in [-0.1, -0.05) is 12.1 Å². The molecule has 0 radical (unpaired) electrons. The van der Waals surface area contributed by atoms with Crippen LogP contribution in [0.1, 0.15) is 34.3 Å². The summed E-state index contributed by atoms with van der Waals surface area (Å²) in [4.78, 5) is 11.9. The summed E-state index contributed by atoms with van der Waals surface area (Å²) in [5.41, 5.74) is 0.994. The van der Waals surface area contributed by atoms with Crippen molar-refractivity contribution in [3.05, 3.63) is 64.7 Å². The number of benzene rings is 2. The topological polar surface area (TPSA) is 64.9 Å². The van der Waals surface area contributed by atoms with Crippen molar-refractivity contribution in [2.75, 3.05) is 5.32 Å². The Morgan fingerprint density at radius 1 is 1.17 bits per heavy atom. The van der Waals surface area contributed by atoms with Gasteiger partial charge in [0, 0.05) is 18.2 Å². The Labute approximate surface area is 138 Å². The lowest BCUT2D eigenvalue weighted by Gasteiger charge is -2.10. The minimum atomic E-state index is -0.813. The number of hydrogen-bond acceptors (Lipinski definition) is 3. The molecule has 0 spiro atoms. The molecular weight excluding hydrogens is 312 g/mol. The van der Waals surface area contributed by atoms with Crippen molar-refractivity contribution < 1.29 is 13.6 Å². The third-order valence-electron chi connectivity index (χ3n) is 3.77. The molecule has 6 heteroatoms. The predicted octanol–water partition coefficient (Wildman–Crippen LogP) is 3.34. The zero-order chi connectivity index (χ0) is 17.1. The Bertz CT molecular complexity index is 785. The summed E-state index contributed by atoms with van der Waals surface area (Å²) in [6.07, 6.45) is 2.05. The molecule has 0 unspecified atom stereocenters. The number of carbonyl (C=O) groups excluding carboxylic acids is 1. The van der Waals surface area contributed by atoms with Gasteiger partial charge in [-0.3, -0.25) is 4.79 Å². The molecule has 1 amide bonds. The Balaban J connectivity index is 1.64. The van der Waals surface area contributed by atoms with Gasteiger partial charge in [0.15, 0.2) is 11.6 Å². The van der Waals surface area contributed by atoms with Gasteiger partial charge in [-0.25, -0.2) is 8.78 Å². The molecule has 1 saturated carbocycles. The van der Waals surface area contributed by atoms with Gasteiger partial charge in [0.2, 0.25) is 0 Å². The Morgan fingerprint density at radius 3 is 2.33 bits per heavy atom. The van der Waals surface area contributed by atoms with E-state index in [1.807, 2.05) is 0 Å². The lowest BCUT2D eigenvalue weighted by Crippen LogP contribution is -2.25. The third-order valence-corrected chi connectivity index (χ3v) is 3.77. The lowest BCUT2D eigenvalue weighted by molar-refractivity contribution is 0.0951. The summed E-state index contributed by atoms with van der Waals surface area (Å²) < 4.78 is 27.6. The monoisotopic (exact) mass is 327 g/mol. The van der Waals surface area contributed by atoms with Gasteiger partial charge in [0.05, 0.1) is 11.6 Å². The molecule has 0 saturated heterocycles. The molecule has 2 aromatic rings. The number of anilines is 1. The first-order valence-corrected chi connectivity index (χ1v) is 7.59. The van der Waals surface area contributed by atoms with Gasteiger partial charge >= 0.3 is 0 Å². The maximum Gasteiger partial charge on any atom is 0.251 e. The fraction of sp³-hybridized carbons (Fsp3) is 0.222. The van der Waals surface area contributed by atoms with E-state index in [0.29, 0.717) is 11.6 Å². The summed E-state index contributed by atoms with van der Waals surface area (Å²) in [6, 6.07) is 10.8. The van der Waals surface area contributed by atoms with Crippen LogP contribution in [-0.4, -0.2) is 11.9 Å². The Morgan fingerprint density at radius 2 is 1.79 bits per heavy atom. The van der Waals surface area contributed by atoms with Gasteiger partial charge < -0.3 is 10.6 Å². The van der Waals surface area contributed by atoms with Crippen molar-refractivity contribution in [1.82, 2.24) is 5.32 Å². The minimum absolute atomic E-state index is 0.0680. The second-order valence-corrected chi connectivity index (χ2v) is 5.72. The normalized spacial score (nSPS) is 13.2. The van der Waals surface area contributed by atoms with Gasteiger partial charge in [-0.2, -0.15) is 5.26 Å². The fourth-order valence-electron chi connectivity index (χ4n) is 2.27. The van der Waals surface area contributed by atoms with E-state index in [0.717, 1.165) is 30.5 Å². The molecule has 3 rings (SSSR count). The van der Waals surface area contributed by atoms with Crippen molar-refractivity contribution in [2.24, 2.45) is 0 Å². The molecular formula is C18H15F2N3O. The first kappa shape index (κ1) is 15.9. The number of carbonyl (C=O) groups is 1. The molecule has 122 valence electrons. The number of rotatable bonds is 5. The van der Waals surface area contributed by atoms with Crippen LogP contribution < -0.4 is 10.6 Å². The number of amides is 1. The molecule has 0 bridgehead atoms. The van der Waals surface area contributed by atoms with E-state index in [1.165, 1.54) is 0 Å². The molecule has 0 heterocycles. The Hall–Kier alpha value is -2.94. The molecule has 4 nitrogen and oxygen atoms in total. The van der Waals surface area contributed by atoms with E-state index in [-0.39, 0.29) is 23.7 Å². The van der Waals surface area contributed by atoms with Crippen LogP contribution in [0, 0.1) is 23.0 Å². The van der Waals surface area contributed by atoms with Gasteiger partial charge in [0.1, 0.15) is 5.69 Å². The zero-order valence-corrected chi connectivity index (χ0v) is 12.8. The van der Waals surface area contributed by atoms with E-state index >= 15 is 0 Å². The maximum atomic E-state index is 13.8. The first-order chi connectivity index (χ1) is 11.6. The summed E-state index contributed by atoms with van der Waals surface area (Å²) in [6.45, 7) is 0.199. The highest BCUT2D eigenvalue weighted by atomic mass is 19.1.